The molecule has 3 aromatic rings. The van der Waals surface area contributed by atoms with Crippen LogP contribution in [-0.4, -0.2) is 32.9 Å². The van der Waals surface area contributed by atoms with Crippen molar-refractivity contribution in [3.05, 3.63) is 70.9 Å². The predicted octanol–water partition coefficient (Wildman–Crippen LogP) is 3.87. The number of hydrogen-bond donors (Lipinski definition) is 2. The fourth-order valence-corrected chi connectivity index (χ4v) is 4.10. The molecule has 1 aliphatic heterocycles. The van der Waals surface area contributed by atoms with Gasteiger partial charge in [0, 0.05) is 42.9 Å². The van der Waals surface area contributed by atoms with E-state index in [2.05, 4.69) is 4.98 Å². The van der Waals surface area contributed by atoms with Crippen molar-refractivity contribution in [3.63, 3.8) is 0 Å². The van der Waals surface area contributed by atoms with E-state index >= 15 is 0 Å². The number of anilines is 1. The Balaban J connectivity index is 1.54. The second kappa shape index (κ2) is 9.25. The minimum atomic E-state index is -4.69. The third-order valence-electron chi connectivity index (χ3n) is 5.81. The Morgan fingerprint density at radius 1 is 1.03 bits per heavy atom. The SMILES string of the molecule is Nc1ccc(-c2nc(C(F)(F)F)n3c2CN(C(=O)C[C@H](N)Cc2cc(F)c(F)cc2F)CC3)cc1. The van der Waals surface area contributed by atoms with Crippen molar-refractivity contribution in [2.45, 2.75) is 38.1 Å². The highest BCUT2D eigenvalue weighted by Gasteiger charge is 2.40. The second-order valence-electron chi connectivity index (χ2n) is 8.34. The Labute approximate surface area is 196 Å². The van der Waals surface area contributed by atoms with Crippen LogP contribution in [0.2, 0.25) is 0 Å². The number of nitrogens with two attached hydrogens (primary N) is 2. The molecule has 4 rings (SSSR count). The van der Waals surface area contributed by atoms with E-state index in [0.717, 1.165) is 4.57 Å². The molecular weight excluding hydrogens is 476 g/mol. The lowest BCUT2D eigenvalue weighted by Gasteiger charge is -2.30. The van der Waals surface area contributed by atoms with Crippen LogP contribution >= 0.6 is 0 Å². The molecule has 12 heteroatoms. The highest BCUT2D eigenvalue weighted by Crippen LogP contribution is 2.36. The molecule has 1 aliphatic rings. The molecule has 1 atom stereocenters. The topological polar surface area (TPSA) is 90.2 Å². The van der Waals surface area contributed by atoms with Crippen LogP contribution in [0.4, 0.5) is 32.0 Å². The third-order valence-corrected chi connectivity index (χ3v) is 5.81. The van der Waals surface area contributed by atoms with Crippen molar-refractivity contribution < 1.29 is 31.1 Å². The van der Waals surface area contributed by atoms with Crippen molar-refractivity contribution in [3.8, 4) is 11.3 Å². The number of amides is 1. The summed E-state index contributed by atoms with van der Waals surface area (Å²) in [7, 11) is 0. The maximum atomic E-state index is 13.9. The van der Waals surface area contributed by atoms with Crippen molar-refractivity contribution in [2.24, 2.45) is 5.73 Å². The summed E-state index contributed by atoms with van der Waals surface area (Å²) in [6.45, 7) is -0.294. The summed E-state index contributed by atoms with van der Waals surface area (Å²) in [6.07, 6.45) is -5.19. The first-order valence-electron chi connectivity index (χ1n) is 10.6. The summed E-state index contributed by atoms with van der Waals surface area (Å²) < 4.78 is 82.4. The zero-order chi connectivity index (χ0) is 25.5. The summed E-state index contributed by atoms with van der Waals surface area (Å²) in [5.41, 5.74) is 12.6. The largest absolute Gasteiger partial charge is 0.449 e. The van der Waals surface area contributed by atoms with Gasteiger partial charge in [-0.25, -0.2) is 18.2 Å². The molecule has 0 saturated heterocycles. The van der Waals surface area contributed by atoms with Gasteiger partial charge < -0.3 is 20.9 Å². The smallest absolute Gasteiger partial charge is 0.399 e. The van der Waals surface area contributed by atoms with Gasteiger partial charge in [0.1, 0.15) is 5.82 Å². The Morgan fingerprint density at radius 3 is 2.34 bits per heavy atom. The quantitative estimate of drug-likeness (QED) is 0.318. The van der Waals surface area contributed by atoms with E-state index in [4.69, 9.17) is 11.5 Å². The van der Waals surface area contributed by atoms with Crippen molar-refractivity contribution in [2.75, 3.05) is 12.3 Å². The molecule has 0 saturated carbocycles. The minimum absolute atomic E-state index is 0.0152. The van der Waals surface area contributed by atoms with Crippen LogP contribution in [0.5, 0.6) is 0 Å². The summed E-state index contributed by atoms with van der Waals surface area (Å²) in [5, 5.41) is 0. The number of rotatable bonds is 5. The number of nitrogens with zero attached hydrogens (tertiary/aromatic N) is 3. The number of nitrogen functional groups attached to an aromatic ring is 1. The molecule has 0 aliphatic carbocycles. The zero-order valence-corrected chi connectivity index (χ0v) is 18.2. The van der Waals surface area contributed by atoms with Gasteiger partial charge in [0.2, 0.25) is 11.7 Å². The van der Waals surface area contributed by atoms with E-state index in [1.54, 1.807) is 12.1 Å². The molecule has 2 heterocycles. The van der Waals surface area contributed by atoms with Crippen molar-refractivity contribution in [1.29, 1.82) is 0 Å². The normalized spacial score (nSPS) is 14.7. The zero-order valence-electron chi connectivity index (χ0n) is 18.2. The Hall–Kier alpha value is -3.54. The van der Waals surface area contributed by atoms with Gasteiger partial charge in [0.15, 0.2) is 11.6 Å². The van der Waals surface area contributed by atoms with Gasteiger partial charge in [0.25, 0.3) is 0 Å². The average Bonchev–Trinajstić information content (AvgIpc) is 3.17. The summed E-state index contributed by atoms with van der Waals surface area (Å²) in [4.78, 5) is 18.0. The van der Waals surface area contributed by atoms with Gasteiger partial charge in [-0.3, -0.25) is 4.79 Å². The second-order valence-corrected chi connectivity index (χ2v) is 8.34. The van der Waals surface area contributed by atoms with Gasteiger partial charge >= 0.3 is 6.18 Å². The van der Waals surface area contributed by atoms with Crippen LogP contribution in [0.15, 0.2) is 36.4 Å². The highest BCUT2D eigenvalue weighted by molar-refractivity contribution is 5.77. The number of halogens is 6. The van der Waals surface area contributed by atoms with E-state index in [1.165, 1.54) is 17.0 Å². The molecular formula is C23H21F6N5O. The number of benzene rings is 2. The number of hydrogen-bond acceptors (Lipinski definition) is 4. The number of aromatic nitrogens is 2. The average molecular weight is 497 g/mol. The molecule has 0 unspecified atom stereocenters. The molecule has 0 fully saturated rings. The Kier molecular flexibility index (Phi) is 6.50. The number of fused-ring (bicyclic) bond motifs is 1. The molecule has 4 N–H and O–H groups in total. The first kappa shape index (κ1) is 24.6. The van der Waals surface area contributed by atoms with Crippen LogP contribution in [-0.2, 0) is 30.5 Å². The number of imidazole rings is 1. The molecule has 2 aromatic carbocycles. The van der Waals surface area contributed by atoms with Gasteiger partial charge in [-0.15, -0.1) is 0 Å². The minimum Gasteiger partial charge on any atom is -0.399 e. The lowest BCUT2D eigenvalue weighted by Crippen LogP contribution is -2.42. The number of alkyl halides is 3. The summed E-state index contributed by atoms with van der Waals surface area (Å²) in [6, 6.07) is 6.34. The number of carbonyl (C=O) groups excluding carboxylic acids is 1. The maximum absolute atomic E-state index is 13.9. The van der Waals surface area contributed by atoms with Crippen molar-refractivity contribution >= 4 is 11.6 Å². The molecule has 35 heavy (non-hydrogen) atoms. The number of carbonyl (C=O) groups is 1. The molecule has 0 radical (unpaired) electrons. The first-order valence-corrected chi connectivity index (χ1v) is 10.6. The van der Waals surface area contributed by atoms with Crippen LogP contribution < -0.4 is 11.5 Å². The van der Waals surface area contributed by atoms with Crippen LogP contribution in [0.1, 0.15) is 23.5 Å². The van der Waals surface area contributed by atoms with E-state index < -0.39 is 41.4 Å². The summed E-state index contributed by atoms with van der Waals surface area (Å²) >= 11 is 0. The van der Waals surface area contributed by atoms with E-state index in [0.29, 0.717) is 23.4 Å². The van der Waals surface area contributed by atoms with E-state index in [1.807, 2.05) is 0 Å². The summed E-state index contributed by atoms with van der Waals surface area (Å²) in [5.74, 6) is -5.08. The third kappa shape index (κ3) is 5.11. The lowest BCUT2D eigenvalue weighted by atomic mass is 10.0. The highest BCUT2D eigenvalue weighted by atomic mass is 19.4. The van der Waals surface area contributed by atoms with Gasteiger partial charge in [0.05, 0.1) is 17.9 Å². The van der Waals surface area contributed by atoms with Gasteiger partial charge in [-0.1, -0.05) is 12.1 Å². The Morgan fingerprint density at radius 2 is 1.69 bits per heavy atom. The van der Waals surface area contributed by atoms with Crippen LogP contribution in [0, 0.1) is 17.5 Å². The molecule has 0 spiro atoms. The van der Waals surface area contributed by atoms with Crippen LogP contribution in [0.25, 0.3) is 11.3 Å². The van der Waals surface area contributed by atoms with E-state index in [9.17, 15) is 31.1 Å². The molecule has 0 bridgehead atoms. The molecule has 1 amide bonds. The maximum Gasteiger partial charge on any atom is 0.449 e. The predicted molar refractivity (Wildman–Crippen MR) is 115 cm³/mol. The van der Waals surface area contributed by atoms with Gasteiger partial charge in [-0.2, -0.15) is 13.2 Å². The fraction of sp³-hybridized carbons (Fsp3) is 0.304. The monoisotopic (exact) mass is 497 g/mol. The fourth-order valence-electron chi connectivity index (χ4n) is 4.10. The molecule has 186 valence electrons. The van der Waals surface area contributed by atoms with Gasteiger partial charge in [-0.05, 0) is 30.2 Å². The first-order chi connectivity index (χ1) is 16.4. The standard InChI is InChI=1S/C23H21F6N5O/c24-16-10-18(26)17(25)8-13(16)7-15(31)9-20(35)33-5-6-34-19(11-33)21(32-22(34)23(27,28)29)12-1-3-14(30)4-2-12/h1-4,8,10,15H,5-7,9,11,30-31H2/t15-/m1/s1. The van der Waals surface area contributed by atoms with Crippen LogP contribution in [0.3, 0.4) is 0 Å². The Bertz CT molecular complexity index is 1250. The lowest BCUT2D eigenvalue weighted by molar-refractivity contribution is -0.148. The molecule has 1 aromatic heterocycles. The molecule has 6 nitrogen and oxygen atoms in total. The van der Waals surface area contributed by atoms with E-state index in [-0.39, 0.29) is 49.4 Å². The van der Waals surface area contributed by atoms with Crippen molar-refractivity contribution in [1.82, 2.24) is 14.5 Å².